The zero-order valence-electron chi connectivity index (χ0n) is 17.1. The summed E-state index contributed by atoms with van der Waals surface area (Å²) in [5, 5.41) is 7.57. The summed E-state index contributed by atoms with van der Waals surface area (Å²) in [4.78, 5) is 13.4. The number of hydrogen-bond donors (Lipinski definition) is 1. The van der Waals surface area contributed by atoms with Crippen LogP contribution in [0, 0.1) is 6.92 Å². The molecule has 5 rings (SSSR count). The lowest BCUT2D eigenvalue weighted by molar-refractivity contribution is -0.116. The van der Waals surface area contributed by atoms with Crippen molar-refractivity contribution in [2.45, 2.75) is 38.5 Å². The van der Waals surface area contributed by atoms with Crippen molar-refractivity contribution in [3.05, 3.63) is 88.3 Å². The van der Waals surface area contributed by atoms with E-state index in [0.717, 1.165) is 40.3 Å². The zero-order chi connectivity index (χ0) is 20.7. The first-order valence-electron chi connectivity index (χ1n) is 10.4. The van der Waals surface area contributed by atoms with E-state index in [2.05, 4.69) is 22.6 Å². The Labute approximate surface area is 175 Å². The number of nitrogens with one attached hydrogen (secondary N) is 1. The molecule has 5 heteroatoms. The Morgan fingerprint density at radius 1 is 1.07 bits per heavy atom. The van der Waals surface area contributed by atoms with Gasteiger partial charge in [0.15, 0.2) is 5.78 Å². The van der Waals surface area contributed by atoms with Crippen LogP contribution >= 0.6 is 0 Å². The SMILES string of the molecule is CCOc1ccc([C@@H]2C3=C(C[C@H](c4ccccc4)CC3=O)Nc3onc(C)c32)cc1. The molecular weight excluding hydrogens is 376 g/mol. The second-order valence-corrected chi connectivity index (χ2v) is 7.90. The van der Waals surface area contributed by atoms with Crippen molar-refractivity contribution in [2.24, 2.45) is 0 Å². The molecule has 1 aliphatic heterocycles. The summed E-state index contributed by atoms with van der Waals surface area (Å²) in [6.45, 7) is 4.52. The highest BCUT2D eigenvalue weighted by atomic mass is 16.5. The lowest BCUT2D eigenvalue weighted by Crippen LogP contribution is -2.29. The van der Waals surface area contributed by atoms with E-state index < -0.39 is 0 Å². The highest BCUT2D eigenvalue weighted by Crippen LogP contribution is 2.49. The monoisotopic (exact) mass is 400 g/mol. The molecule has 2 heterocycles. The summed E-state index contributed by atoms with van der Waals surface area (Å²) in [5.74, 6) is 1.64. The maximum absolute atomic E-state index is 13.4. The van der Waals surface area contributed by atoms with E-state index >= 15 is 0 Å². The van der Waals surface area contributed by atoms with Crippen LogP contribution < -0.4 is 10.1 Å². The van der Waals surface area contributed by atoms with Crippen molar-refractivity contribution in [2.75, 3.05) is 11.9 Å². The molecule has 2 aliphatic rings. The van der Waals surface area contributed by atoms with Crippen molar-refractivity contribution < 1.29 is 14.1 Å². The van der Waals surface area contributed by atoms with E-state index in [9.17, 15) is 4.79 Å². The summed E-state index contributed by atoms with van der Waals surface area (Å²) >= 11 is 0. The zero-order valence-corrected chi connectivity index (χ0v) is 17.1. The standard InChI is InChI=1S/C25H24N2O3/c1-3-29-19-11-9-17(10-12-19)23-22-15(2)27-30-25(22)26-20-13-18(14-21(28)24(20)23)16-7-5-4-6-8-16/h4-12,18,23,26H,3,13-14H2,1-2H3/t18-,23-/m0/s1. The molecule has 0 unspecified atom stereocenters. The number of carbonyl (C=O) groups excluding carboxylic acids is 1. The Bertz CT molecular complexity index is 1110. The minimum atomic E-state index is -0.178. The summed E-state index contributed by atoms with van der Waals surface area (Å²) in [7, 11) is 0. The molecule has 5 nitrogen and oxygen atoms in total. The molecule has 0 amide bonds. The second kappa shape index (κ2) is 7.48. The first-order chi connectivity index (χ1) is 14.7. The van der Waals surface area contributed by atoms with Gasteiger partial charge in [-0.25, -0.2) is 0 Å². The van der Waals surface area contributed by atoms with Gasteiger partial charge >= 0.3 is 0 Å². The van der Waals surface area contributed by atoms with Gasteiger partial charge in [-0.2, -0.15) is 0 Å². The molecular formula is C25H24N2O3. The van der Waals surface area contributed by atoms with Gasteiger partial charge in [0.25, 0.3) is 0 Å². The van der Waals surface area contributed by atoms with Crippen LogP contribution in [0.2, 0.25) is 0 Å². The third-order valence-corrected chi connectivity index (χ3v) is 6.05. The molecule has 1 aromatic heterocycles. The van der Waals surface area contributed by atoms with E-state index in [1.165, 1.54) is 5.56 Å². The van der Waals surface area contributed by atoms with Crippen LogP contribution in [-0.4, -0.2) is 17.5 Å². The Kier molecular flexibility index (Phi) is 4.66. The molecule has 3 aromatic rings. The third kappa shape index (κ3) is 3.11. The van der Waals surface area contributed by atoms with Gasteiger partial charge < -0.3 is 14.6 Å². The number of nitrogens with zero attached hydrogens (tertiary/aromatic N) is 1. The van der Waals surface area contributed by atoms with Gasteiger partial charge in [-0.1, -0.05) is 47.6 Å². The van der Waals surface area contributed by atoms with E-state index in [1.54, 1.807) is 0 Å². The predicted molar refractivity (Wildman–Crippen MR) is 115 cm³/mol. The highest BCUT2D eigenvalue weighted by molar-refractivity contribution is 6.01. The number of Topliss-reactive ketones (excluding diaryl/α,β-unsaturated/α-hetero) is 1. The van der Waals surface area contributed by atoms with Crippen molar-refractivity contribution in [1.82, 2.24) is 5.16 Å². The summed E-state index contributed by atoms with van der Waals surface area (Å²) in [5.41, 5.74) is 5.78. The van der Waals surface area contributed by atoms with E-state index in [-0.39, 0.29) is 17.6 Å². The molecule has 2 aromatic carbocycles. The highest BCUT2D eigenvalue weighted by Gasteiger charge is 2.41. The van der Waals surface area contributed by atoms with Crippen LogP contribution in [0.4, 0.5) is 5.88 Å². The molecule has 0 saturated heterocycles. The van der Waals surface area contributed by atoms with Gasteiger partial charge in [-0.15, -0.1) is 0 Å². The third-order valence-electron chi connectivity index (χ3n) is 6.05. The number of fused-ring (bicyclic) bond motifs is 1. The Morgan fingerprint density at radius 3 is 2.57 bits per heavy atom. The summed E-state index contributed by atoms with van der Waals surface area (Å²) in [6.07, 6.45) is 1.29. The molecule has 0 spiro atoms. The smallest absolute Gasteiger partial charge is 0.233 e. The topological polar surface area (TPSA) is 64.4 Å². The van der Waals surface area contributed by atoms with Crippen LogP contribution in [-0.2, 0) is 4.79 Å². The number of anilines is 1. The van der Waals surface area contributed by atoms with Gasteiger partial charge in [-0.3, -0.25) is 4.79 Å². The first kappa shape index (κ1) is 18.7. The van der Waals surface area contributed by atoms with E-state index in [1.807, 2.05) is 56.3 Å². The van der Waals surface area contributed by atoms with Crippen molar-refractivity contribution in [1.29, 1.82) is 0 Å². The van der Waals surface area contributed by atoms with Crippen LogP contribution in [0.3, 0.4) is 0 Å². The summed E-state index contributed by atoms with van der Waals surface area (Å²) < 4.78 is 11.2. The average molecular weight is 400 g/mol. The maximum atomic E-state index is 13.4. The minimum Gasteiger partial charge on any atom is -0.494 e. The Balaban J connectivity index is 1.58. The second-order valence-electron chi connectivity index (χ2n) is 7.90. The quantitative estimate of drug-likeness (QED) is 0.640. The number of aryl methyl sites for hydroxylation is 1. The largest absolute Gasteiger partial charge is 0.494 e. The predicted octanol–water partition coefficient (Wildman–Crippen LogP) is 5.34. The number of hydrogen-bond acceptors (Lipinski definition) is 5. The molecule has 1 aliphatic carbocycles. The number of rotatable bonds is 4. The van der Waals surface area contributed by atoms with Crippen molar-refractivity contribution >= 4 is 11.7 Å². The van der Waals surface area contributed by atoms with Gasteiger partial charge in [0.05, 0.1) is 17.9 Å². The molecule has 0 bridgehead atoms. The number of ketones is 1. The fourth-order valence-electron chi connectivity index (χ4n) is 4.69. The number of aromatic nitrogens is 1. The first-order valence-corrected chi connectivity index (χ1v) is 10.4. The number of ether oxygens (including phenoxy) is 1. The molecule has 0 saturated carbocycles. The molecule has 30 heavy (non-hydrogen) atoms. The van der Waals surface area contributed by atoms with Crippen LogP contribution in [0.1, 0.15) is 54.0 Å². The van der Waals surface area contributed by atoms with Gasteiger partial charge in [-0.05, 0) is 49.4 Å². The van der Waals surface area contributed by atoms with E-state index in [4.69, 9.17) is 9.26 Å². The lowest BCUT2D eigenvalue weighted by atomic mass is 9.72. The fraction of sp³-hybridized carbons (Fsp3) is 0.280. The van der Waals surface area contributed by atoms with Gasteiger partial charge in [0.1, 0.15) is 5.75 Å². The minimum absolute atomic E-state index is 0.163. The van der Waals surface area contributed by atoms with E-state index in [0.29, 0.717) is 18.9 Å². The van der Waals surface area contributed by atoms with Gasteiger partial charge in [0.2, 0.25) is 5.88 Å². The summed E-state index contributed by atoms with van der Waals surface area (Å²) in [6, 6.07) is 18.3. The Morgan fingerprint density at radius 2 is 1.83 bits per heavy atom. The Hall–Kier alpha value is -3.34. The van der Waals surface area contributed by atoms with Crippen LogP contribution in [0.25, 0.3) is 0 Å². The van der Waals surface area contributed by atoms with Crippen molar-refractivity contribution in [3.63, 3.8) is 0 Å². The molecule has 2 atom stereocenters. The number of carbonyl (C=O) groups is 1. The lowest BCUT2D eigenvalue weighted by Gasteiger charge is -2.34. The number of benzene rings is 2. The average Bonchev–Trinajstić information content (AvgIpc) is 3.14. The number of allylic oxidation sites excluding steroid dienone is 2. The molecule has 152 valence electrons. The maximum Gasteiger partial charge on any atom is 0.233 e. The molecule has 0 radical (unpaired) electrons. The molecule has 0 fully saturated rings. The van der Waals surface area contributed by atoms with Crippen LogP contribution in [0.5, 0.6) is 5.75 Å². The van der Waals surface area contributed by atoms with Crippen LogP contribution in [0.15, 0.2) is 70.4 Å². The fourth-order valence-corrected chi connectivity index (χ4v) is 4.69. The van der Waals surface area contributed by atoms with Gasteiger partial charge in [0, 0.05) is 23.6 Å². The van der Waals surface area contributed by atoms with Crippen molar-refractivity contribution in [3.8, 4) is 5.75 Å². The normalized spacial score (nSPS) is 20.4. The molecule has 1 N–H and O–H groups in total.